The molecule has 5 rings (SSSR count). The second-order valence-electron chi connectivity index (χ2n) is 9.75. The molecular formula is C30H26ClN3O6. The first-order valence-electron chi connectivity index (χ1n) is 12.9. The van der Waals surface area contributed by atoms with E-state index in [0.29, 0.717) is 18.5 Å². The molecule has 1 heterocycles. The van der Waals surface area contributed by atoms with Gasteiger partial charge in [-0.1, -0.05) is 54.1 Å². The number of hydrogen-bond donors (Lipinski definition) is 2. The van der Waals surface area contributed by atoms with Gasteiger partial charge in [0.1, 0.15) is 0 Å². The zero-order valence-electron chi connectivity index (χ0n) is 21.3. The smallest absolute Gasteiger partial charge is 0.338 e. The van der Waals surface area contributed by atoms with Crippen LogP contribution in [0.4, 0.5) is 5.69 Å². The van der Waals surface area contributed by atoms with Gasteiger partial charge in [-0.05, 0) is 67.1 Å². The molecule has 1 saturated heterocycles. The molecule has 9 nitrogen and oxygen atoms in total. The molecule has 2 fully saturated rings. The van der Waals surface area contributed by atoms with Crippen LogP contribution in [0.3, 0.4) is 0 Å². The number of imide groups is 1. The summed E-state index contributed by atoms with van der Waals surface area (Å²) in [6.07, 6.45) is 2.12. The van der Waals surface area contributed by atoms with Crippen molar-refractivity contribution in [3.8, 4) is 0 Å². The van der Waals surface area contributed by atoms with Gasteiger partial charge in [0, 0.05) is 0 Å². The molecule has 2 N–H and O–H groups in total. The lowest BCUT2D eigenvalue weighted by Crippen LogP contribution is -2.43. The van der Waals surface area contributed by atoms with Crippen LogP contribution < -0.4 is 15.8 Å². The Morgan fingerprint density at radius 3 is 2.23 bits per heavy atom. The van der Waals surface area contributed by atoms with E-state index in [-0.39, 0.29) is 45.7 Å². The molecule has 1 aliphatic carbocycles. The summed E-state index contributed by atoms with van der Waals surface area (Å²) in [6.45, 7) is -0.640. The van der Waals surface area contributed by atoms with Crippen molar-refractivity contribution in [3.05, 3.63) is 101 Å². The van der Waals surface area contributed by atoms with Crippen LogP contribution >= 0.6 is 11.6 Å². The van der Waals surface area contributed by atoms with Crippen molar-refractivity contribution in [3.63, 3.8) is 0 Å². The molecule has 2 aliphatic rings. The Balaban J connectivity index is 1.15. The zero-order valence-corrected chi connectivity index (χ0v) is 22.1. The molecule has 0 spiro atoms. The minimum Gasteiger partial charge on any atom is -0.452 e. The highest BCUT2D eigenvalue weighted by atomic mass is 35.5. The SMILES string of the molecule is O=C(COC(=O)c1ccc(N2C(=O)[C@H]3C[C@@H](c4ccccc4)CC[C@H]3C2=O)cc1)NNC(=O)c1ccccc1Cl. The standard InChI is InChI=1S/C30H26ClN3O6/c31-25-9-5-4-8-23(25)27(36)33-32-26(35)17-40-30(39)19-10-13-21(14-11-19)34-28(37)22-15-12-20(16-24(22)29(34)38)18-6-2-1-3-7-18/h1-11,13-14,20,22,24H,12,15-17H2,(H,32,35)(H,33,36)/t20-,22+,24-/m0/s1. The molecule has 3 aromatic rings. The Morgan fingerprint density at radius 1 is 0.825 bits per heavy atom. The summed E-state index contributed by atoms with van der Waals surface area (Å²) in [5.74, 6) is -3.07. The molecule has 3 atom stereocenters. The number of benzene rings is 3. The fraction of sp³-hybridized carbons (Fsp3) is 0.233. The number of nitrogens with one attached hydrogen (secondary N) is 2. The van der Waals surface area contributed by atoms with Gasteiger partial charge < -0.3 is 4.74 Å². The van der Waals surface area contributed by atoms with E-state index in [0.717, 1.165) is 6.42 Å². The van der Waals surface area contributed by atoms with Crippen LogP contribution in [-0.2, 0) is 19.1 Å². The van der Waals surface area contributed by atoms with Crippen molar-refractivity contribution >= 4 is 46.9 Å². The molecule has 0 unspecified atom stereocenters. The number of halogens is 1. The van der Waals surface area contributed by atoms with E-state index in [4.69, 9.17) is 16.3 Å². The average molecular weight is 560 g/mol. The number of rotatable bonds is 6. The summed E-state index contributed by atoms with van der Waals surface area (Å²) >= 11 is 5.95. The molecule has 10 heteroatoms. The maximum absolute atomic E-state index is 13.3. The number of nitrogens with zero attached hydrogens (tertiary/aromatic N) is 1. The van der Waals surface area contributed by atoms with Crippen LogP contribution in [-0.4, -0.2) is 36.2 Å². The Labute approximate surface area is 235 Å². The van der Waals surface area contributed by atoms with E-state index in [1.165, 1.54) is 46.9 Å². The number of amides is 4. The molecule has 0 bridgehead atoms. The van der Waals surface area contributed by atoms with Crippen molar-refractivity contribution in [2.45, 2.75) is 25.2 Å². The minimum atomic E-state index is -0.780. The van der Waals surface area contributed by atoms with Crippen LogP contribution in [0, 0.1) is 11.8 Å². The van der Waals surface area contributed by atoms with Crippen LogP contribution in [0.2, 0.25) is 5.02 Å². The van der Waals surface area contributed by atoms with Crippen LogP contribution in [0.15, 0.2) is 78.9 Å². The number of fused-ring (bicyclic) bond motifs is 1. The Bertz CT molecular complexity index is 1460. The number of carbonyl (C=O) groups is 5. The summed E-state index contributed by atoms with van der Waals surface area (Å²) in [5, 5.41) is 0.219. The van der Waals surface area contributed by atoms with E-state index in [9.17, 15) is 24.0 Å². The Morgan fingerprint density at radius 2 is 1.50 bits per heavy atom. The maximum Gasteiger partial charge on any atom is 0.338 e. The largest absolute Gasteiger partial charge is 0.452 e. The Hall–Kier alpha value is -4.50. The van der Waals surface area contributed by atoms with Gasteiger partial charge in [-0.15, -0.1) is 0 Å². The van der Waals surface area contributed by atoms with Gasteiger partial charge in [0.05, 0.1) is 33.7 Å². The number of ether oxygens (including phenoxy) is 1. The molecule has 40 heavy (non-hydrogen) atoms. The molecule has 1 saturated carbocycles. The monoisotopic (exact) mass is 559 g/mol. The van der Waals surface area contributed by atoms with E-state index in [1.807, 2.05) is 18.2 Å². The second-order valence-corrected chi connectivity index (χ2v) is 10.2. The van der Waals surface area contributed by atoms with Crippen LogP contribution in [0.25, 0.3) is 0 Å². The number of hydrogen-bond acceptors (Lipinski definition) is 6. The third-order valence-corrected chi connectivity index (χ3v) is 7.66. The zero-order chi connectivity index (χ0) is 28.2. The normalized spacial score (nSPS) is 20.0. The third kappa shape index (κ3) is 5.60. The predicted octanol–water partition coefficient (Wildman–Crippen LogP) is 4.03. The van der Waals surface area contributed by atoms with Crippen molar-refractivity contribution in [1.29, 1.82) is 0 Å². The highest BCUT2D eigenvalue weighted by Gasteiger charge is 2.50. The molecular weight excluding hydrogens is 534 g/mol. The molecule has 0 radical (unpaired) electrons. The number of esters is 1. The molecule has 3 aromatic carbocycles. The molecule has 204 valence electrons. The third-order valence-electron chi connectivity index (χ3n) is 7.33. The lowest BCUT2D eigenvalue weighted by Gasteiger charge is -2.28. The first kappa shape index (κ1) is 27.1. The predicted molar refractivity (Wildman–Crippen MR) is 146 cm³/mol. The highest BCUT2D eigenvalue weighted by molar-refractivity contribution is 6.33. The van der Waals surface area contributed by atoms with E-state index in [1.54, 1.807) is 12.1 Å². The van der Waals surface area contributed by atoms with Gasteiger partial charge in [-0.2, -0.15) is 0 Å². The van der Waals surface area contributed by atoms with Gasteiger partial charge in [0.15, 0.2) is 6.61 Å². The van der Waals surface area contributed by atoms with Crippen molar-refractivity contribution in [2.24, 2.45) is 11.8 Å². The van der Waals surface area contributed by atoms with Gasteiger partial charge in [-0.25, -0.2) is 4.79 Å². The summed E-state index contributed by atoms with van der Waals surface area (Å²) in [6, 6.07) is 22.3. The number of anilines is 1. The Kier molecular flexibility index (Phi) is 7.93. The summed E-state index contributed by atoms with van der Waals surface area (Å²) in [4.78, 5) is 64.2. The van der Waals surface area contributed by atoms with Crippen molar-refractivity contribution in [2.75, 3.05) is 11.5 Å². The summed E-state index contributed by atoms with van der Waals surface area (Å²) in [5.41, 5.74) is 6.23. The number of hydrazine groups is 1. The van der Waals surface area contributed by atoms with Crippen molar-refractivity contribution < 1.29 is 28.7 Å². The minimum absolute atomic E-state index is 0.136. The van der Waals surface area contributed by atoms with E-state index in [2.05, 4.69) is 23.0 Å². The van der Waals surface area contributed by atoms with Crippen molar-refractivity contribution in [1.82, 2.24) is 10.9 Å². The fourth-order valence-electron chi connectivity index (χ4n) is 5.30. The summed E-state index contributed by atoms with van der Waals surface area (Å²) < 4.78 is 5.01. The maximum atomic E-state index is 13.3. The lowest BCUT2D eigenvalue weighted by molar-refractivity contribution is -0.125. The quantitative estimate of drug-likeness (QED) is 0.267. The van der Waals surface area contributed by atoms with Gasteiger partial charge in [-0.3, -0.25) is 34.9 Å². The number of carbonyl (C=O) groups excluding carboxylic acids is 5. The topological polar surface area (TPSA) is 122 Å². The molecule has 4 amide bonds. The summed E-state index contributed by atoms with van der Waals surface area (Å²) in [7, 11) is 0. The second kappa shape index (κ2) is 11.7. The highest BCUT2D eigenvalue weighted by Crippen LogP contribution is 2.45. The van der Waals surface area contributed by atoms with Crippen LogP contribution in [0.5, 0.6) is 0 Å². The molecule has 1 aliphatic heterocycles. The van der Waals surface area contributed by atoms with Gasteiger partial charge >= 0.3 is 5.97 Å². The van der Waals surface area contributed by atoms with Gasteiger partial charge in [0.2, 0.25) is 11.8 Å². The first-order valence-corrected chi connectivity index (χ1v) is 13.2. The van der Waals surface area contributed by atoms with Crippen LogP contribution in [0.1, 0.15) is 51.5 Å². The fourth-order valence-corrected chi connectivity index (χ4v) is 5.52. The first-order chi connectivity index (χ1) is 19.3. The average Bonchev–Trinajstić information content (AvgIpc) is 3.24. The lowest BCUT2D eigenvalue weighted by atomic mass is 9.73. The molecule has 0 aromatic heterocycles. The van der Waals surface area contributed by atoms with E-state index >= 15 is 0 Å². The van der Waals surface area contributed by atoms with E-state index < -0.39 is 24.4 Å². The van der Waals surface area contributed by atoms with Gasteiger partial charge in [0.25, 0.3) is 11.8 Å².